The van der Waals surface area contributed by atoms with Gasteiger partial charge in [0.2, 0.25) is 5.95 Å². The van der Waals surface area contributed by atoms with Crippen molar-refractivity contribution in [3.63, 3.8) is 0 Å². The Balaban J connectivity index is 0.00000108. The van der Waals surface area contributed by atoms with E-state index in [2.05, 4.69) is 63.8 Å². The van der Waals surface area contributed by atoms with E-state index >= 15 is 0 Å². The third-order valence-electron chi connectivity index (χ3n) is 5.44. The number of likely N-dealkylation sites (N-methyl/N-ethyl adjacent to an activating group) is 1. The molecule has 3 rings (SSSR count). The maximum absolute atomic E-state index is 12.2. The van der Waals surface area contributed by atoms with E-state index in [1.54, 1.807) is 38.6 Å². The summed E-state index contributed by atoms with van der Waals surface area (Å²) in [6, 6.07) is 3.85. The zero-order valence-corrected chi connectivity index (χ0v) is 28.8. The number of anilines is 4. The number of rotatable bonds is 14. The number of carbonyl (C=O) groups excluding carboxylic acids is 1. The van der Waals surface area contributed by atoms with Crippen LogP contribution in [0, 0.1) is 6.92 Å². The van der Waals surface area contributed by atoms with Crippen molar-refractivity contribution < 1.29 is 13.7 Å². The molecule has 1 atom stereocenters. The Morgan fingerprint density at radius 2 is 1.98 bits per heavy atom. The van der Waals surface area contributed by atoms with Crippen LogP contribution in [-0.4, -0.2) is 69.0 Å². The predicted molar refractivity (Wildman–Crippen MR) is 187 cm³/mol. The van der Waals surface area contributed by atoms with Gasteiger partial charge in [0.1, 0.15) is 10.6 Å². The minimum Gasteiger partial charge on any atom is -0.462 e. The molecule has 0 fully saturated rings. The first-order chi connectivity index (χ1) is 21.1. The number of hydrogen-bond donors (Lipinski definition) is 2. The highest BCUT2D eigenvalue weighted by Crippen LogP contribution is 2.35. The Kier molecular flexibility index (Phi) is 18.0. The molecule has 13 heteroatoms. The van der Waals surface area contributed by atoms with Crippen LogP contribution >= 0.6 is 11.3 Å². The van der Waals surface area contributed by atoms with Crippen LogP contribution < -0.4 is 15.5 Å². The number of aromatic nitrogens is 4. The molecule has 44 heavy (non-hydrogen) atoms. The van der Waals surface area contributed by atoms with Gasteiger partial charge in [0, 0.05) is 55.3 Å². The van der Waals surface area contributed by atoms with Gasteiger partial charge in [-0.25, -0.2) is 9.78 Å². The van der Waals surface area contributed by atoms with Crippen molar-refractivity contribution >= 4 is 63.2 Å². The molecule has 0 spiro atoms. The molecule has 0 radical (unpaired) electrons. The molecular weight excluding hydrogens is 597 g/mol. The molecular formula is C31H46N8O3S2. The van der Waals surface area contributed by atoms with Gasteiger partial charge in [-0.3, -0.25) is 19.5 Å². The summed E-state index contributed by atoms with van der Waals surface area (Å²) in [4.78, 5) is 36.9. The van der Waals surface area contributed by atoms with Gasteiger partial charge in [-0.05, 0) is 45.5 Å². The summed E-state index contributed by atoms with van der Waals surface area (Å²) in [5.74, 6) is 1.66. The number of hydrogen-bond acceptors (Lipinski definition) is 12. The first-order valence-corrected chi connectivity index (χ1v) is 16.9. The number of nitrogens with zero attached hydrogens (tertiary/aromatic N) is 6. The Morgan fingerprint density at radius 1 is 1.25 bits per heavy atom. The molecule has 11 nitrogen and oxygen atoms in total. The lowest BCUT2D eigenvalue weighted by Crippen LogP contribution is -2.22. The van der Waals surface area contributed by atoms with E-state index in [-0.39, 0.29) is 0 Å². The van der Waals surface area contributed by atoms with Crippen LogP contribution in [0.2, 0.25) is 0 Å². The van der Waals surface area contributed by atoms with E-state index in [0.29, 0.717) is 64.4 Å². The summed E-state index contributed by atoms with van der Waals surface area (Å²) >= 11 is 1.20. The maximum Gasteiger partial charge on any atom is 0.350 e. The fraction of sp³-hybridized carbons (Fsp3) is 0.419. The fourth-order valence-corrected chi connectivity index (χ4v) is 4.87. The Morgan fingerprint density at radius 3 is 2.52 bits per heavy atom. The van der Waals surface area contributed by atoms with Crippen molar-refractivity contribution in [3.05, 3.63) is 65.0 Å². The number of aliphatic imine (C=N–C) groups is 1. The van der Waals surface area contributed by atoms with Crippen LogP contribution in [0.3, 0.4) is 0 Å². The predicted octanol–water partition coefficient (Wildman–Crippen LogP) is 6.87. The van der Waals surface area contributed by atoms with Crippen molar-refractivity contribution in [3.8, 4) is 0 Å². The molecule has 0 aliphatic rings. The molecule has 3 aromatic rings. The molecule has 3 heterocycles. The van der Waals surface area contributed by atoms with Crippen LogP contribution in [0.1, 0.15) is 62.0 Å². The molecule has 0 aliphatic carbocycles. The third-order valence-corrected chi connectivity index (χ3v) is 7.19. The highest BCUT2D eigenvalue weighted by Gasteiger charge is 2.20. The molecule has 3 aromatic heterocycles. The molecule has 240 valence electrons. The minimum absolute atomic E-state index is 0.297. The van der Waals surface area contributed by atoms with E-state index in [4.69, 9.17) is 9.72 Å². The van der Waals surface area contributed by atoms with Crippen LogP contribution in [0.25, 0.3) is 0 Å². The highest BCUT2D eigenvalue weighted by molar-refractivity contribution is 7.84. The first-order valence-electron chi connectivity index (χ1n) is 14.3. The second kappa shape index (κ2) is 20.9. The van der Waals surface area contributed by atoms with Crippen molar-refractivity contribution in [1.29, 1.82) is 0 Å². The van der Waals surface area contributed by atoms with Gasteiger partial charge in [-0.15, -0.1) is 6.58 Å². The van der Waals surface area contributed by atoms with Crippen LogP contribution in [0.4, 0.5) is 28.4 Å². The summed E-state index contributed by atoms with van der Waals surface area (Å²) in [7, 11) is 1.27. The second-order valence-corrected chi connectivity index (χ2v) is 11.5. The molecule has 0 bridgehead atoms. The number of aryl methyl sites for hydroxylation is 1. The van der Waals surface area contributed by atoms with E-state index in [0.717, 1.165) is 12.0 Å². The summed E-state index contributed by atoms with van der Waals surface area (Å²) in [6.07, 6.45) is 9.95. The third kappa shape index (κ3) is 12.7. The number of nitrogens with one attached hydrogen (secondary N) is 2. The topological polar surface area (TPSA) is 135 Å². The molecule has 0 amide bonds. The van der Waals surface area contributed by atoms with Crippen molar-refractivity contribution in [2.75, 3.05) is 47.7 Å². The van der Waals surface area contributed by atoms with E-state index in [9.17, 15) is 9.00 Å². The molecule has 0 saturated carbocycles. The van der Waals surface area contributed by atoms with Crippen LogP contribution in [0.15, 0.2) is 53.8 Å². The van der Waals surface area contributed by atoms with Crippen molar-refractivity contribution in [1.82, 2.24) is 19.9 Å². The number of allylic oxidation sites excluding steroid dienone is 1. The zero-order chi connectivity index (χ0) is 33.1. The molecule has 0 aliphatic heterocycles. The average Bonchev–Trinajstić information content (AvgIpc) is 3.37. The van der Waals surface area contributed by atoms with Crippen LogP contribution in [-0.2, 0) is 22.1 Å². The summed E-state index contributed by atoms with van der Waals surface area (Å²) in [6.45, 7) is 20.4. The van der Waals surface area contributed by atoms with Gasteiger partial charge < -0.3 is 15.0 Å². The first kappa shape index (κ1) is 38.1. The Labute approximate surface area is 268 Å². The average molecular weight is 643 g/mol. The van der Waals surface area contributed by atoms with Crippen LogP contribution in [0.5, 0.6) is 0 Å². The van der Waals surface area contributed by atoms with Crippen molar-refractivity contribution in [2.45, 2.75) is 54.5 Å². The van der Waals surface area contributed by atoms with Gasteiger partial charge in [-0.1, -0.05) is 55.9 Å². The highest BCUT2D eigenvalue weighted by atomic mass is 32.2. The van der Waals surface area contributed by atoms with E-state index in [1.165, 1.54) is 16.9 Å². The molecule has 2 N–H and O–H groups in total. The number of pyridine rings is 1. The Hall–Kier alpha value is -3.97. The SMILES string of the molecule is C=CCS(C)=O.C=Nc1c(NCc2cccnc2)nc(Nc2nc(C)c(C(=O)OCC)s2)nc1N(C)C/C(C)=C/CC.CC. The van der Waals surface area contributed by atoms with Gasteiger partial charge >= 0.3 is 5.97 Å². The largest absolute Gasteiger partial charge is 0.462 e. The summed E-state index contributed by atoms with van der Waals surface area (Å²) < 4.78 is 15.2. The number of thiazole rings is 1. The summed E-state index contributed by atoms with van der Waals surface area (Å²) in [5.41, 5.74) is 3.33. The van der Waals surface area contributed by atoms with E-state index in [1.807, 2.05) is 37.9 Å². The second-order valence-electron chi connectivity index (χ2n) is 9.06. The normalized spacial score (nSPS) is 11.1. The number of esters is 1. The van der Waals surface area contributed by atoms with Gasteiger partial charge in [0.15, 0.2) is 16.8 Å². The number of ether oxygens (including phenoxy) is 1. The quantitative estimate of drug-likeness (QED) is 0.109. The lowest BCUT2D eigenvalue weighted by molar-refractivity contribution is 0.0531. The molecule has 0 saturated heterocycles. The van der Waals surface area contributed by atoms with Gasteiger partial charge in [-0.2, -0.15) is 9.97 Å². The smallest absolute Gasteiger partial charge is 0.350 e. The molecule has 0 aromatic carbocycles. The maximum atomic E-state index is 12.2. The lowest BCUT2D eigenvalue weighted by Gasteiger charge is -2.22. The standard InChI is InChI=1S/C25H32N8O2S.C4H8OS.C2H6/c1-7-10-16(3)15-33(6)22-19(26-5)21(28-14-18-11-9-12-27-13-18)30-24(31-22)32-25-29-17(4)20(36-25)23(34)35-8-2;1-3-4-6(2)5;1-2/h9-13H,5,7-8,14-15H2,1-4,6H3,(H2,28,29,30,31,32);3H,1,4H2,2H3;1-2H3/b16-10+;;. The van der Waals surface area contributed by atoms with Gasteiger partial charge in [0.05, 0.1) is 12.3 Å². The zero-order valence-electron chi connectivity index (χ0n) is 27.1. The minimum atomic E-state index is -0.684. The fourth-order valence-electron chi connectivity index (χ4n) is 3.68. The van der Waals surface area contributed by atoms with Gasteiger partial charge in [0.25, 0.3) is 0 Å². The Bertz CT molecular complexity index is 1390. The molecule has 1 unspecified atom stereocenters. The lowest BCUT2D eigenvalue weighted by atomic mass is 10.2. The van der Waals surface area contributed by atoms with Crippen molar-refractivity contribution in [2.24, 2.45) is 4.99 Å². The monoisotopic (exact) mass is 642 g/mol. The number of carbonyl (C=O) groups is 1. The van der Waals surface area contributed by atoms with E-state index < -0.39 is 16.8 Å². The summed E-state index contributed by atoms with van der Waals surface area (Å²) in [5, 5.41) is 6.97.